The van der Waals surface area contributed by atoms with Gasteiger partial charge in [-0.05, 0) is 42.0 Å². The van der Waals surface area contributed by atoms with Crippen molar-refractivity contribution in [2.24, 2.45) is 5.73 Å². The Hall–Kier alpha value is -1.02. The van der Waals surface area contributed by atoms with Crippen LogP contribution < -0.4 is 10.5 Å². The lowest BCUT2D eigenvalue weighted by Gasteiger charge is -2.15. The van der Waals surface area contributed by atoms with Crippen molar-refractivity contribution in [1.29, 1.82) is 0 Å². The average Bonchev–Trinajstić information content (AvgIpc) is 2.25. The van der Waals surface area contributed by atoms with Crippen molar-refractivity contribution in [3.05, 3.63) is 29.3 Å². The maximum absolute atomic E-state index is 5.72. The van der Waals surface area contributed by atoms with Gasteiger partial charge in [0.25, 0.3) is 0 Å². The molecule has 0 saturated heterocycles. The lowest BCUT2D eigenvalue weighted by atomic mass is 9.95. The number of hydrogen-bond donors (Lipinski definition) is 1. The Labute approximate surface area is 105 Å². The summed E-state index contributed by atoms with van der Waals surface area (Å²) >= 11 is 0. The van der Waals surface area contributed by atoms with Crippen molar-refractivity contribution in [2.75, 3.05) is 6.61 Å². The fourth-order valence-electron chi connectivity index (χ4n) is 1.62. The summed E-state index contributed by atoms with van der Waals surface area (Å²) in [6, 6.07) is 6.59. The zero-order valence-electron chi connectivity index (χ0n) is 11.7. The quantitative estimate of drug-likeness (QED) is 0.845. The number of hydrogen-bond acceptors (Lipinski definition) is 2. The van der Waals surface area contributed by atoms with Crippen molar-refractivity contribution in [3.8, 4) is 5.75 Å². The minimum Gasteiger partial charge on any atom is -0.492 e. The van der Waals surface area contributed by atoms with E-state index in [-0.39, 0.29) is 6.04 Å². The van der Waals surface area contributed by atoms with Crippen molar-refractivity contribution in [1.82, 2.24) is 0 Å². The Morgan fingerprint density at radius 2 is 1.41 bits per heavy atom. The zero-order valence-corrected chi connectivity index (χ0v) is 11.7. The Morgan fingerprint density at radius 3 is 1.76 bits per heavy atom. The smallest absolute Gasteiger partial charge is 0.119 e. The van der Waals surface area contributed by atoms with E-state index in [1.807, 2.05) is 6.92 Å². The van der Waals surface area contributed by atoms with Crippen molar-refractivity contribution in [3.63, 3.8) is 0 Å². The molecule has 0 aliphatic rings. The van der Waals surface area contributed by atoms with Crippen LogP contribution in [0.4, 0.5) is 0 Å². The van der Waals surface area contributed by atoms with E-state index < -0.39 is 0 Å². The van der Waals surface area contributed by atoms with Crippen molar-refractivity contribution < 1.29 is 4.74 Å². The summed E-state index contributed by atoms with van der Waals surface area (Å²) in [5.74, 6) is 1.98. The minimum absolute atomic E-state index is 0.0696. The van der Waals surface area contributed by atoms with Gasteiger partial charge < -0.3 is 10.5 Å². The van der Waals surface area contributed by atoms with E-state index in [1.165, 1.54) is 11.1 Å². The SMILES string of the molecule is CC(N)COc1cc(C(C)C)cc(C(C)C)c1. The normalized spacial score (nSPS) is 13.2. The molecule has 0 spiro atoms. The number of rotatable bonds is 5. The van der Waals surface area contributed by atoms with Gasteiger partial charge in [-0.15, -0.1) is 0 Å². The summed E-state index contributed by atoms with van der Waals surface area (Å²) in [7, 11) is 0. The molecule has 1 aromatic carbocycles. The molecule has 17 heavy (non-hydrogen) atoms. The Kier molecular flexibility index (Phi) is 5.01. The highest BCUT2D eigenvalue weighted by Gasteiger charge is 2.08. The summed E-state index contributed by atoms with van der Waals surface area (Å²) in [5.41, 5.74) is 8.37. The van der Waals surface area contributed by atoms with E-state index in [0.29, 0.717) is 18.4 Å². The standard InChI is InChI=1S/C15H25NO/c1-10(2)13-6-14(11(3)4)8-15(7-13)17-9-12(5)16/h6-8,10-12H,9,16H2,1-5H3. The van der Waals surface area contributed by atoms with Gasteiger partial charge in [0, 0.05) is 6.04 Å². The Bertz CT molecular complexity index is 330. The van der Waals surface area contributed by atoms with Crippen LogP contribution in [0.1, 0.15) is 57.6 Å². The summed E-state index contributed by atoms with van der Waals surface area (Å²) in [6.45, 7) is 11.3. The molecule has 0 saturated carbocycles. The van der Waals surface area contributed by atoms with Gasteiger partial charge in [0.15, 0.2) is 0 Å². The monoisotopic (exact) mass is 235 g/mol. The van der Waals surface area contributed by atoms with Crippen LogP contribution in [-0.2, 0) is 0 Å². The second-order valence-electron chi connectivity index (χ2n) is 5.43. The van der Waals surface area contributed by atoms with Crippen LogP contribution in [0.15, 0.2) is 18.2 Å². The molecule has 0 aliphatic heterocycles. The Morgan fingerprint density at radius 1 is 0.941 bits per heavy atom. The molecule has 96 valence electrons. The first kappa shape index (κ1) is 14.0. The van der Waals surface area contributed by atoms with Crippen LogP contribution in [0, 0.1) is 0 Å². The molecule has 2 heteroatoms. The molecular formula is C15H25NO. The van der Waals surface area contributed by atoms with Gasteiger partial charge >= 0.3 is 0 Å². The molecular weight excluding hydrogens is 210 g/mol. The summed E-state index contributed by atoms with van der Waals surface area (Å²) in [4.78, 5) is 0. The first-order valence-electron chi connectivity index (χ1n) is 6.43. The Balaban J connectivity index is 2.95. The predicted octanol–water partition coefficient (Wildman–Crippen LogP) is 3.66. The molecule has 0 aromatic heterocycles. The van der Waals surface area contributed by atoms with E-state index in [4.69, 9.17) is 10.5 Å². The molecule has 1 aromatic rings. The van der Waals surface area contributed by atoms with Crippen LogP contribution in [0.3, 0.4) is 0 Å². The molecule has 0 heterocycles. The molecule has 2 N–H and O–H groups in total. The second kappa shape index (κ2) is 6.06. The van der Waals surface area contributed by atoms with E-state index in [1.54, 1.807) is 0 Å². The van der Waals surface area contributed by atoms with Crippen molar-refractivity contribution >= 4 is 0 Å². The molecule has 0 radical (unpaired) electrons. The largest absolute Gasteiger partial charge is 0.492 e. The molecule has 1 rings (SSSR count). The average molecular weight is 235 g/mol. The third-order valence-corrected chi connectivity index (χ3v) is 2.80. The van der Waals surface area contributed by atoms with Gasteiger partial charge in [-0.1, -0.05) is 33.8 Å². The van der Waals surface area contributed by atoms with E-state index in [9.17, 15) is 0 Å². The summed E-state index contributed by atoms with van der Waals surface area (Å²) in [6.07, 6.45) is 0. The number of benzene rings is 1. The van der Waals surface area contributed by atoms with Gasteiger partial charge in [0.05, 0.1) is 0 Å². The molecule has 0 bridgehead atoms. The second-order valence-corrected chi connectivity index (χ2v) is 5.43. The zero-order chi connectivity index (χ0) is 13.0. The lowest BCUT2D eigenvalue weighted by molar-refractivity contribution is 0.295. The van der Waals surface area contributed by atoms with Gasteiger partial charge in [-0.2, -0.15) is 0 Å². The molecule has 2 nitrogen and oxygen atoms in total. The number of ether oxygens (including phenoxy) is 1. The predicted molar refractivity (Wildman–Crippen MR) is 73.8 cm³/mol. The molecule has 1 unspecified atom stereocenters. The maximum atomic E-state index is 5.72. The first-order valence-corrected chi connectivity index (χ1v) is 6.43. The molecule has 0 amide bonds. The topological polar surface area (TPSA) is 35.2 Å². The van der Waals surface area contributed by atoms with Crippen LogP contribution in [0.25, 0.3) is 0 Å². The fourth-order valence-corrected chi connectivity index (χ4v) is 1.62. The first-order chi connectivity index (χ1) is 7.90. The highest BCUT2D eigenvalue weighted by atomic mass is 16.5. The maximum Gasteiger partial charge on any atom is 0.119 e. The fraction of sp³-hybridized carbons (Fsp3) is 0.600. The third kappa shape index (κ3) is 4.39. The van der Waals surface area contributed by atoms with E-state index in [2.05, 4.69) is 45.9 Å². The van der Waals surface area contributed by atoms with Crippen LogP contribution in [0.2, 0.25) is 0 Å². The highest BCUT2D eigenvalue weighted by molar-refractivity contribution is 5.37. The van der Waals surface area contributed by atoms with Gasteiger partial charge in [-0.3, -0.25) is 0 Å². The van der Waals surface area contributed by atoms with E-state index >= 15 is 0 Å². The lowest BCUT2D eigenvalue weighted by Crippen LogP contribution is -2.23. The molecule has 1 atom stereocenters. The van der Waals surface area contributed by atoms with Gasteiger partial charge in [0.1, 0.15) is 12.4 Å². The third-order valence-electron chi connectivity index (χ3n) is 2.80. The van der Waals surface area contributed by atoms with Crippen LogP contribution in [-0.4, -0.2) is 12.6 Å². The summed E-state index contributed by atoms with van der Waals surface area (Å²) < 4.78 is 5.72. The number of nitrogens with two attached hydrogens (primary N) is 1. The molecule has 0 fully saturated rings. The van der Waals surface area contributed by atoms with Crippen molar-refractivity contribution in [2.45, 2.75) is 52.5 Å². The van der Waals surface area contributed by atoms with Gasteiger partial charge in [0.2, 0.25) is 0 Å². The van der Waals surface area contributed by atoms with E-state index in [0.717, 1.165) is 5.75 Å². The van der Waals surface area contributed by atoms with Gasteiger partial charge in [-0.25, -0.2) is 0 Å². The molecule has 0 aliphatic carbocycles. The minimum atomic E-state index is 0.0696. The summed E-state index contributed by atoms with van der Waals surface area (Å²) in [5, 5.41) is 0. The van der Waals surface area contributed by atoms with Crippen LogP contribution in [0.5, 0.6) is 5.75 Å². The van der Waals surface area contributed by atoms with Crippen LogP contribution >= 0.6 is 0 Å². The highest BCUT2D eigenvalue weighted by Crippen LogP contribution is 2.27.